The van der Waals surface area contributed by atoms with E-state index in [0.717, 1.165) is 47.2 Å². The monoisotopic (exact) mass is 297 g/mol. The largest absolute Gasteiger partial charge is 0.508 e. The van der Waals surface area contributed by atoms with E-state index in [1.807, 2.05) is 18.2 Å². The Balaban J connectivity index is 2.04. The van der Waals surface area contributed by atoms with Crippen LogP contribution in [-0.4, -0.2) is 35.8 Å². The van der Waals surface area contributed by atoms with Crippen LogP contribution in [0, 0.1) is 0 Å². The van der Waals surface area contributed by atoms with Gasteiger partial charge in [0.2, 0.25) is 0 Å². The quantitative estimate of drug-likeness (QED) is 0.850. The maximum Gasteiger partial charge on any atom is 0.165 e. The summed E-state index contributed by atoms with van der Waals surface area (Å²) in [4.78, 5) is 2.33. The van der Waals surface area contributed by atoms with Gasteiger partial charge in [0.1, 0.15) is 5.75 Å². The minimum atomic E-state index is 0.194. The second kappa shape index (κ2) is 4.65. The van der Waals surface area contributed by atoms with Crippen LogP contribution >= 0.6 is 0 Å². The molecule has 0 bridgehead atoms. The van der Waals surface area contributed by atoms with Crippen LogP contribution in [0.25, 0.3) is 11.1 Å². The van der Waals surface area contributed by atoms with Crippen molar-refractivity contribution >= 4 is 0 Å². The van der Waals surface area contributed by atoms with E-state index in [9.17, 15) is 10.2 Å². The molecule has 1 aliphatic heterocycles. The topological polar surface area (TPSA) is 52.9 Å². The predicted octanol–water partition coefficient (Wildman–Crippen LogP) is 2.86. The minimum Gasteiger partial charge on any atom is -0.508 e. The highest BCUT2D eigenvalue weighted by Gasteiger charge is 2.35. The highest BCUT2D eigenvalue weighted by molar-refractivity contribution is 5.83. The van der Waals surface area contributed by atoms with Crippen LogP contribution in [0.3, 0.4) is 0 Å². The molecule has 1 atom stereocenters. The van der Waals surface area contributed by atoms with E-state index in [4.69, 9.17) is 4.74 Å². The van der Waals surface area contributed by atoms with Crippen LogP contribution in [0.5, 0.6) is 17.2 Å². The molecule has 2 N–H and O–H groups in total. The summed E-state index contributed by atoms with van der Waals surface area (Å²) >= 11 is 0. The molecule has 114 valence electrons. The van der Waals surface area contributed by atoms with Crippen molar-refractivity contribution in [2.24, 2.45) is 0 Å². The Hall–Kier alpha value is -2.20. The lowest BCUT2D eigenvalue weighted by Gasteiger charge is -2.40. The Morgan fingerprint density at radius 2 is 2.00 bits per heavy atom. The summed E-state index contributed by atoms with van der Waals surface area (Å²) in [7, 11) is 3.68. The molecule has 0 fully saturated rings. The molecule has 2 aliphatic rings. The van der Waals surface area contributed by atoms with Gasteiger partial charge in [-0.25, -0.2) is 0 Å². The van der Waals surface area contributed by atoms with Crippen LogP contribution in [0.1, 0.15) is 22.7 Å². The molecule has 0 radical (unpaired) electrons. The van der Waals surface area contributed by atoms with Gasteiger partial charge in [0.05, 0.1) is 7.11 Å². The number of phenols is 2. The molecule has 0 aromatic heterocycles. The number of hydrogen-bond donors (Lipinski definition) is 2. The fraction of sp³-hybridized carbons (Fsp3) is 0.333. The second-order valence-electron chi connectivity index (χ2n) is 6.13. The highest BCUT2D eigenvalue weighted by Crippen LogP contribution is 2.51. The third kappa shape index (κ3) is 1.67. The number of aromatic hydroxyl groups is 2. The number of ether oxygens (including phenoxy) is 1. The summed E-state index contributed by atoms with van der Waals surface area (Å²) < 4.78 is 5.26. The van der Waals surface area contributed by atoms with Gasteiger partial charge in [-0.3, -0.25) is 4.90 Å². The van der Waals surface area contributed by atoms with Gasteiger partial charge in [0.25, 0.3) is 0 Å². The van der Waals surface area contributed by atoms with Gasteiger partial charge in [-0.15, -0.1) is 0 Å². The molecule has 0 saturated heterocycles. The molecule has 4 rings (SSSR count). The molecule has 0 amide bonds. The third-order valence-corrected chi connectivity index (χ3v) is 5.04. The summed E-state index contributed by atoms with van der Waals surface area (Å²) in [6, 6.07) is 7.77. The van der Waals surface area contributed by atoms with E-state index < -0.39 is 0 Å². The van der Waals surface area contributed by atoms with Crippen LogP contribution in [0.4, 0.5) is 0 Å². The van der Waals surface area contributed by atoms with E-state index in [0.29, 0.717) is 11.5 Å². The number of likely N-dealkylation sites (N-methyl/N-ethyl adjacent to an activating group) is 1. The zero-order chi connectivity index (χ0) is 15.4. The molecule has 4 heteroatoms. The van der Waals surface area contributed by atoms with Crippen LogP contribution in [0.15, 0.2) is 24.3 Å². The van der Waals surface area contributed by atoms with Crippen LogP contribution in [-0.2, 0) is 12.8 Å². The summed E-state index contributed by atoms with van der Waals surface area (Å²) in [6.07, 6.45) is 1.68. The van der Waals surface area contributed by atoms with Crippen molar-refractivity contribution < 1.29 is 14.9 Å². The standard InChI is InChI=1S/C18H19NO3/c1-19-8-7-11-14(20)5-4-12-16-10(9-13(19)17(11)12)3-6-15(22-2)18(16)21/h3-6,13,20-21H,7-9H2,1-2H3/t13-/m1/s1. The Kier molecular flexibility index (Phi) is 2.84. The molecule has 1 heterocycles. The molecular formula is C18H19NO3. The average Bonchev–Trinajstić information content (AvgIpc) is 2.52. The Labute approximate surface area is 129 Å². The number of hydrogen-bond acceptors (Lipinski definition) is 4. The zero-order valence-electron chi connectivity index (χ0n) is 12.8. The van der Waals surface area contributed by atoms with Crippen molar-refractivity contribution in [3.63, 3.8) is 0 Å². The fourth-order valence-electron chi connectivity index (χ4n) is 3.89. The lowest BCUT2D eigenvalue weighted by Crippen LogP contribution is -2.35. The Bertz CT molecular complexity index is 769. The second-order valence-corrected chi connectivity index (χ2v) is 6.13. The van der Waals surface area contributed by atoms with E-state index in [1.165, 1.54) is 0 Å². The number of fused-ring (bicyclic) bond motifs is 2. The van der Waals surface area contributed by atoms with Crippen LogP contribution < -0.4 is 4.74 Å². The Morgan fingerprint density at radius 3 is 2.77 bits per heavy atom. The molecule has 2 aromatic carbocycles. The van der Waals surface area contributed by atoms with Crippen molar-refractivity contribution in [3.05, 3.63) is 41.0 Å². The summed E-state index contributed by atoms with van der Waals surface area (Å²) in [5.74, 6) is 1.05. The Morgan fingerprint density at radius 1 is 1.18 bits per heavy atom. The van der Waals surface area contributed by atoms with Gasteiger partial charge in [-0.1, -0.05) is 12.1 Å². The smallest absolute Gasteiger partial charge is 0.165 e. The number of rotatable bonds is 1. The minimum absolute atomic E-state index is 0.194. The molecule has 4 nitrogen and oxygen atoms in total. The van der Waals surface area contributed by atoms with Crippen molar-refractivity contribution in [1.29, 1.82) is 0 Å². The van der Waals surface area contributed by atoms with Crippen LogP contribution in [0.2, 0.25) is 0 Å². The lowest BCUT2D eigenvalue weighted by atomic mass is 9.76. The van der Waals surface area contributed by atoms with Gasteiger partial charge in [-0.05, 0) is 48.7 Å². The average molecular weight is 297 g/mol. The van der Waals surface area contributed by atoms with Gasteiger partial charge in [-0.2, -0.15) is 0 Å². The van der Waals surface area contributed by atoms with E-state index in [1.54, 1.807) is 13.2 Å². The van der Waals surface area contributed by atoms with E-state index in [2.05, 4.69) is 11.9 Å². The first-order chi connectivity index (χ1) is 10.6. The first-order valence-corrected chi connectivity index (χ1v) is 7.56. The number of methoxy groups -OCH3 is 1. The SMILES string of the molecule is COc1ccc2c(c1O)-c1ccc(O)c3c1[C@@H](C2)N(C)CC3. The number of nitrogens with zero attached hydrogens (tertiary/aromatic N) is 1. The zero-order valence-corrected chi connectivity index (χ0v) is 12.8. The van der Waals surface area contributed by atoms with Gasteiger partial charge >= 0.3 is 0 Å². The molecule has 1 aliphatic carbocycles. The van der Waals surface area contributed by atoms with Crippen molar-refractivity contribution in [3.8, 4) is 28.4 Å². The summed E-state index contributed by atoms with van der Waals surface area (Å²) in [5.41, 5.74) is 5.17. The molecular weight excluding hydrogens is 278 g/mol. The van der Waals surface area contributed by atoms with Gasteiger partial charge in [0, 0.05) is 23.7 Å². The molecule has 22 heavy (non-hydrogen) atoms. The fourth-order valence-corrected chi connectivity index (χ4v) is 3.89. The number of phenolic OH excluding ortho intramolecular Hbond substituents is 2. The highest BCUT2D eigenvalue weighted by atomic mass is 16.5. The van der Waals surface area contributed by atoms with Crippen molar-refractivity contribution in [2.45, 2.75) is 18.9 Å². The lowest BCUT2D eigenvalue weighted by molar-refractivity contribution is 0.225. The number of benzene rings is 2. The molecule has 0 unspecified atom stereocenters. The summed E-state index contributed by atoms with van der Waals surface area (Å²) in [5, 5.41) is 20.8. The molecule has 2 aromatic rings. The van der Waals surface area contributed by atoms with Crippen molar-refractivity contribution in [1.82, 2.24) is 4.90 Å². The third-order valence-electron chi connectivity index (χ3n) is 5.04. The van der Waals surface area contributed by atoms with Gasteiger partial charge < -0.3 is 14.9 Å². The first-order valence-electron chi connectivity index (χ1n) is 7.56. The van der Waals surface area contributed by atoms with Crippen molar-refractivity contribution in [2.75, 3.05) is 20.7 Å². The van der Waals surface area contributed by atoms with Gasteiger partial charge in [0.15, 0.2) is 11.5 Å². The summed E-state index contributed by atoms with van der Waals surface area (Å²) in [6.45, 7) is 0.937. The first kappa shape index (κ1) is 13.5. The van der Waals surface area contributed by atoms with E-state index in [-0.39, 0.29) is 11.8 Å². The molecule has 0 saturated carbocycles. The maximum absolute atomic E-state index is 10.6. The molecule has 0 spiro atoms. The maximum atomic E-state index is 10.6. The normalized spacial score (nSPS) is 19.5. The van der Waals surface area contributed by atoms with E-state index >= 15 is 0 Å². The predicted molar refractivity (Wildman–Crippen MR) is 84.5 cm³/mol.